The first-order chi connectivity index (χ1) is 9.65. The average Bonchev–Trinajstić information content (AvgIpc) is 2.49. The SMILES string of the molecule is CNC(=O)c1cccc(NC2CCC(OC)CC2)c1C. The number of anilines is 1. The van der Waals surface area contributed by atoms with Crippen molar-refractivity contribution >= 4 is 11.6 Å². The highest BCUT2D eigenvalue weighted by molar-refractivity contribution is 5.96. The van der Waals surface area contributed by atoms with E-state index in [-0.39, 0.29) is 5.91 Å². The van der Waals surface area contributed by atoms with Crippen molar-refractivity contribution in [3.05, 3.63) is 29.3 Å². The van der Waals surface area contributed by atoms with E-state index in [0.717, 1.165) is 42.5 Å². The predicted molar refractivity (Wildman–Crippen MR) is 81.2 cm³/mol. The van der Waals surface area contributed by atoms with Crippen molar-refractivity contribution in [2.75, 3.05) is 19.5 Å². The van der Waals surface area contributed by atoms with Crippen molar-refractivity contribution in [2.45, 2.75) is 44.8 Å². The van der Waals surface area contributed by atoms with E-state index in [9.17, 15) is 4.79 Å². The highest BCUT2D eigenvalue weighted by Gasteiger charge is 2.21. The van der Waals surface area contributed by atoms with Crippen LogP contribution in [0.15, 0.2) is 18.2 Å². The number of rotatable bonds is 4. The second-order valence-electron chi connectivity index (χ2n) is 5.41. The molecule has 2 rings (SSSR count). The van der Waals surface area contributed by atoms with E-state index >= 15 is 0 Å². The lowest BCUT2D eigenvalue weighted by Crippen LogP contribution is -2.29. The lowest BCUT2D eigenvalue weighted by Gasteiger charge is -2.29. The normalized spacial score (nSPS) is 22.4. The molecule has 4 nitrogen and oxygen atoms in total. The van der Waals surface area contributed by atoms with Gasteiger partial charge in [0.1, 0.15) is 0 Å². The van der Waals surface area contributed by atoms with Gasteiger partial charge in [-0.1, -0.05) is 6.07 Å². The van der Waals surface area contributed by atoms with Crippen LogP contribution in [0.2, 0.25) is 0 Å². The van der Waals surface area contributed by atoms with Gasteiger partial charge in [0.2, 0.25) is 0 Å². The molecule has 1 aromatic carbocycles. The first-order valence-corrected chi connectivity index (χ1v) is 7.26. The minimum absolute atomic E-state index is 0.0331. The third-order valence-electron chi connectivity index (χ3n) is 4.17. The summed E-state index contributed by atoms with van der Waals surface area (Å²) in [5.41, 5.74) is 2.82. The van der Waals surface area contributed by atoms with Gasteiger partial charge in [-0.15, -0.1) is 0 Å². The van der Waals surface area contributed by atoms with Gasteiger partial charge in [0, 0.05) is 31.5 Å². The second kappa shape index (κ2) is 6.75. The van der Waals surface area contributed by atoms with Gasteiger partial charge in [-0.2, -0.15) is 0 Å². The smallest absolute Gasteiger partial charge is 0.251 e. The lowest BCUT2D eigenvalue weighted by molar-refractivity contribution is 0.0682. The molecule has 1 fully saturated rings. The maximum Gasteiger partial charge on any atom is 0.251 e. The Morgan fingerprint density at radius 3 is 2.55 bits per heavy atom. The number of hydrogen-bond donors (Lipinski definition) is 2. The summed E-state index contributed by atoms with van der Waals surface area (Å²) in [5.74, 6) is -0.0331. The minimum atomic E-state index is -0.0331. The molecular weight excluding hydrogens is 252 g/mol. The molecule has 1 aromatic rings. The summed E-state index contributed by atoms with van der Waals surface area (Å²) in [6.07, 6.45) is 4.83. The molecule has 110 valence electrons. The van der Waals surface area contributed by atoms with E-state index in [0.29, 0.717) is 12.1 Å². The summed E-state index contributed by atoms with van der Waals surface area (Å²) in [5, 5.41) is 6.26. The predicted octanol–water partition coefficient (Wildman–Crippen LogP) is 2.72. The van der Waals surface area contributed by atoms with E-state index in [2.05, 4.69) is 10.6 Å². The van der Waals surface area contributed by atoms with Crippen LogP contribution in [0, 0.1) is 6.92 Å². The molecule has 0 heterocycles. The van der Waals surface area contributed by atoms with Crippen LogP contribution in [0.3, 0.4) is 0 Å². The van der Waals surface area contributed by atoms with Crippen molar-refractivity contribution in [1.29, 1.82) is 0 Å². The van der Waals surface area contributed by atoms with Crippen LogP contribution < -0.4 is 10.6 Å². The molecule has 1 saturated carbocycles. The molecule has 20 heavy (non-hydrogen) atoms. The highest BCUT2D eigenvalue weighted by atomic mass is 16.5. The van der Waals surface area contributed by atoms with Crippen LogP contribution in [0.5, 0.6) is 0 Å². The highest BCUT2D eigenvalue weighted by Crippen LogP contribution is 2.26. The fourth-order valence-electron chi connectivity index (χ4n) is 2.84. The van der Waals surface area contributed by atoms with E-state index in [1.807, 2.05) is 25.1 Å². The lowest BCUT2D eigenvalue weighted by atomic mass is 9.92. The molecule has 2 N–H and O–H groups in total. The zero-order chi connectivity index (χ0) is 14.5. The Hall–Kier alpha value is -1.55. The maximum absolute atomic E-state index is 11.8. The van der Waals surface area contributed by atoms with Gasteiger partial charge in [-0.05, 0) is 50.3 Å². The number of benzene rings is 1. The molecule has 0 aromatic heterocycles. The van der Waals surface area contributed by atoms with Crippen LogP contribution in [-0.4, -0.2) is 32.2 Å². The summed E-state index contributed by atoms with van der Waals surface area (Å²) in [6.45, 7) is 1.99. The molecule has 1 amide bonds. The number of nitrogens with one attached hydrogen (secondary N) is 2. The number of amides is 1. The summed E-state index contributed by atoms with van der Waals surface area (Å²) in [6, 6.07) is 6.31. The molecule has 0 saturated heterocycles. The third-order valence-corrected chi connectivity index (χ3v) is 4.17. The number of carbonyl (C=O) groups is 1. The molecule has 0 atom stereocenters. The molecule has 0 radical (unpaired) electrons. The van der Waals surface area contributed by atoms with Crippen LogP contribution in [0.4, 0.5) is 5.69 Å². The van der Waals surface area contributed by atoms with Gasteiger partial charge in [-0.3, -0.25) is 4.79 Å². The van der Waals surface area contributed by atoms with Gasteiger partial charge in [0.15, 0.2) is 0 Å². The minimum Gasteiger partial charge on any atom is -0.382 e. The summed E-state index contributed by atoms with van der Waals surface area (Å²) in [4.78, 5) is 11.8. The second-order valence-corrected chi connectivity index (χ2v) is 5.41. The Labute approximate surface area is 120 Å². The van der Waals surface area contributed by atoms with Gasteiger partial charge in [0.05, 0.1) is 6.10 Å². The zero-order valence-electron chi connectivity index (χ0n) is 12.5. The van der Waals surface area contributed by atoms with E-state index in [4.69, 9.17) is 4.74 Å². The van der Waals surface area contributed by atoms with Gasteiger partial charge >= 0.3 is 0 Å². The fraction of sp³-hybridized carbons (Fsp3) is 0.562. The number of methoxy groups -OCH3 is 1. The molecule has 0 aliphatic heterocycles. The Morgan fingerprint density at radius 2 is 1.95 bits per heavy atom. The topological polar surface area (TPSA) is 50.4 Å². The zero-order valence-corrected chi connectivity index (χ0v) is 12.5. The molecule has 0 unspecified atom stereocenters. The largest absolute Gasteiger partial charge is 0.382 e. The molecule has 0 bridgehead atoms. The molecular formula is C16H24N2O2. The summed E-state index contributed by atoms with van der Waals surface area (Å²) < 4.78 is 5.40. The van der Waals surface area contributed by atoms with Gasteiger partial charge < -0.3 is 15.4 Å². The van der Waals surface area contributed by atoms with Crippen molar-refractivity contribution in [1.82, 2.24) is 5.32 Å². The Balaban J connectivity index is 2.05. The fourth-order valence-corrected chi connectivity index (χ4v) is 2.84. The third kappa shape index (κ3) is 3.31. The quantitative estimate of drug-likeness (QED) is 0.889. The van der Waals surface area contributed by atoms with Gasteiger partial charge in [0.25, 0.3) is 5.91 Å². The maximum atomic E-state index is 11.8. The summed E-state index contributed by atoms with van der Waals surface area (Å²) in [7, 11) is 3.45. The van der Waals surface area contributed by atoms with Crippen LogP contribution in [-0.2, 0) is 4.74 Å². The Morgan fingerprint density at radius 1 is 1.25 bits per heavy atom. The van der Waals surface area contributed by atoms with Crippen molar-refractivity contribution in [2.24, 2.45) is 0 Å². The standard InChI is InChI=1S/C16H24N2O2/c1-11-14(16(19)17-2)5-4-6-15(11)18-12-7-9-13(20-3)10-8-12/h4-6,12-13,18H,7-10H2,1-3H3,(H,17,19). The average molecular weight is 276 g/mol. The van der Waals surface area contributed by atoms with Crippen molar-refractivity contribution in [3.8, 4) is 0 Å². The first kappa shape index (κ1) is 14.9. The number of hydrogen-bond acceptors (Lipinski definition) is 3. The molecule has 1 aliphatic carbocycles. The van der Waals surface area contributed by atoms with Crippen LogP contribution in [0.1, 0.15) is 41.6 Å². The van der Waals surface area contributed by atoms with Crippen LogP contribution >= 0.6 is 0 Å². The van der Waals surface area contributed by atoms with Gasteiger partial charge in [-0.25, -0.2) is 0 Å². The monoisotopic (exact) mass is 276 g/mol. The van der Waals surface area contributed by atoms with E-state index in [1.165, 1.54) is 0 Å². The number of carbonyl (C=O) groups excluding carboxylic acids is 1. The Kier molecular flexibility index (Phi) is 5.01. The number of ether oxygens (including phenoxy) is 1. The first-order valence-electron chi connectivity index (χ1n) is 7.26. The van der Waals surface area contributed by atoms with Crippen molar-refractivity contribution < 1.29 is 9.53 Å². The summed E-state index contributed by atoms with van der Waals surface area (Å²) >= 11 is 0. The van der Waals surface area contributed by atoms with E-state index in [1.54, 1.807) is 14.2 Å². The molecule has 1 aliphatic rings. The molecule has 0 spiro atoms. The Bertz CT molecular complexity index is 466. The molecule has 4 heteroatoms. The van der Waals surface area contributed by atoms with E-state index < -0.39 is 0 Å². The van der Waals surface area contributed by atoms with Crippen LogP contribution in [0.25, 0.3) is 0 Å². The van der Waals surface area contributed by atoms with Crippen molar-refractivity contribution in [3.63, 3.8) is 0 Å².